The summed E-state index contributed by atoms with van der Waals surface area (Å²) in [4.78, 5) is 26.5. The first kappa shape index (κ1) is 18.3. The molecule has 1 amide bonds. The van der Waals surface area contributed by atoms with Gasteiger partial charge < -0.3 is 10.3 Å². The molecule has 0 saturated heterocycles. The van der Waals surface area contributed by atoms with Gasteiger partial charge in [0.15, 0.2) is 10.6 Å². The highest BCUT2D eigenvalue weighted by Gasteiger charge is 2.12. The van der Waals surface area contributed by atoms with Crippen LogP contribution in [0.4, 0.5) is 5.69 Å². The summed E-state index contributed by atoms with van der Waals surface area (Å²) in [5.41, 5.74) is 1.89. The molecule has 1 aromatic carbocycles. The normalized spacial score (nSPS) is 10.7. The maximum atomic E-state index is 12.2. The Balaban J connectivity index is 1.74. The number of carbonyl (C=O) groups excluding carboxylic acids is 1. The maximum Gasteiger partial charge on any atom is 0.271 e. The van der Waals surface area contributed by atoms with Gasteiger partial charge in [-0.3, -0.25) is 19.3 Å². The number of hydrogen-bond acceptors (Lipinski definition) is 4. The third kappa shape index (κ3) is 4.17. The molecule has 9 heteroatoms. The van der Waals surface area contributed by atoms with Crippen LogP contribution in [0.1, 0.15) is 12.0 Å². The van der Waals surface area contributed by atoms with Crippen LogP contribution in [0.3, 0.4) is 0 Å². The third-order valence-electron chi connectivity index (χ3n) is 3.77. The zero-order valence-corrected chi connectivity index (χ0v) is 16.3. The maximum absolute atomic E-state index is 12.2. The first-order valence-electron chi connectivity index (χ1n) is 7.84. The Kier molecular flexibility index (Phi) is 5.48. The van der Waals surface area contributed by atoms with Crippen LogP contribution >= 0.6 is 28.1 Å². The molecule has 0 aliphatic heterocycles. The van der Waals surface area contributed by atoms with Gasteiger partial charge in [-0.25, -0.2) is 0 Å². The zero-order valence-electron chi connectivity index (χ0n) is 13.9. The molecule has 3 N–H and O–H groups in total. The molecule has 0 aliphatic carbocycles. The molecule has 134 valence electrons. The highest BCUT2D eigenvalue weighted by atomic mass is 79.9. The lowest BCUT2D eigenvalue weighted by Crippen LogP contribution is -2.20. The highest BCUT2D eigenvalue weighted by molar-refractivity contribution is 9.10. The SMILES string of the molecule is Cc1ccc(-c2n[nH]c(=S)n2CCC(=O)Nc2cc(Br)c[nH]c2=O)cc1. The van der Waals surface area contributed by atoms with Crippen molar-refractivity contribution in [2.24, 2.45) is 0 Å². The second-order valence-corrected chi connectivity index (χ2v) is 7.03. The number of nitrogens with zero attached hydrogens (tertiary/aromatic N) is 2. The number of carbonyl (C=O) groups is 1. The van der Waals surface area contributed by atoms with Crippen molar-refractivity contribution in [1.82, 2.24) is 19.7 Å². The van der Waals surface area contributed by atoms with Crippen LogP contribution in [0, 0.1) is 11.7 Å². The van der Waals surface area contributed by atoms with Crippen molar-refractivity contribution in [3.8, 4) is 11.4 Å². The van der Waals surface area contributed by atoms with E-state index in [1.807, 2.05) is 31.2 Å². The molecule has 0 aliphatic rings. The molecule has 0 atom stereocenters. The zero-order chi connectivity index (χ0) is 18.7. The average molecular weight is 434 g/mol. The van der Waals surface area contributed by atoms with Gasteiger partial charge in [0.05, 0.1) is 0 Å². The highest BCUT2D eigenvalue weighted by Crippen LogP contribution is 2.18. The lowest BCUT2D eigenvalue weighted by molar-refractivity contribution is -0.116. The molecule has 0 spiro atoms. The minimum Gasteiger partial charge on any atom is -0.326 e. The number of nitrogens with one attached hydrogen (secondary N) is 3. The summed E-state index contributed by atoms with van der Waals surface area (Å²) < 4.78 is 2.88. The van der Waals surface area contributed by atoms with Crippen LogP contribution < -0.4 is 10.9 Å². The van der Waals surface area contributed by atoms with Crippen LogP contribution in [0.2, 0.25) is 0 Å². The van der Waals surface area contributed by atoms with E-state index in [-0.39, 0.29) is 23.6 Å². The largest absolute Gasteiger partial charge is 0.326 e. The van der Waals surface area contributed by atoms with Gasteiger partial charge in [-0.2, -0.15) is 5.10 Å². The molecule has 3 rings (SSSR count). The first-order chi connectivity index (χ1) is 12.4. The van der Waals surface area contributed by atoms with Crippen molar-refractivity contribution in [3.63, 3.8) is 0 Å². The van der Waals surface area contributed by atoms with Crippen molar-refractivity contribution in [3.05, 3.63) is 61.7 Å². The number of anilines is 1. The number of hydrogen-bond donors (Lipinski definition) is 3. The number of pyridine rings is 1. The molecule has 0 saturated carbocycles. The van der Waals surface area contributed by atoms with Crippen molar-refractivity contribution >= 4 is 39.7 Å². The Hall–Kier alpha value is -2.52. The minimum absolute atomic E-state index is 0.151. The number of aromatic amines is 2. The smallest absolute Gasteiger partial charge is 0.271 e. The van der Waals surface area contributed by atoms with Gasteiger partial charge in [-0.05, 0) is 41.1 Å². The monoisotopic (exact) mass is 433 g/mol. The molecule has 26 heavy (non-hydrogen) atoms. The first-order valence-corrected chi connectivity index (χ1v) is 9.04. The van der Waals surface area contributed by atoms with E-state index in [9.17, 15) is 9.59 Å². The number of benzene rings is 1. The summed E-state index contributed by atoms with van der Waals surface area (Å²) in [5.74, 6) is 0.384. The molecular formula is C17H16BrN5O2S. The van der Waals surface area contributed by atoms with Crippen LogP contribution in [0.15, 0.2) is 45.8 Å². The molecule has 2 aromatic heterocycles. The molecular weight excluding hydrogens is 418 g/mol. The predicted molar refractivity (Wildman–Crippen MR) is 106 cm³/mol. The van der Waals surface area contributed by atoms with Gasteiger partial charge in [0.25, 0.3) is 5.56 Å². The number of aromatic nitrogens is 4. The van der Waals surface area contributed by atoms with Crippen molar-refractivity contribution in [2.45, 2.75) is 19.9 Å². The second-order valence-electron chi connectivity index (χ2n) is 5.73. The summed E-state index contributed by atoms with van der Waals surface area (Å²) in [7, 11) is 0. The van der Waals surface area contributed by atoms with Gasteiger partial charge in [-0.15, -0.1) is 0 Å². The Bertz CT molecular complexity index is 1050. The van der Waals surface area contributed by atoms with E-state index in [2.05, 4.69) is 36.4 Å². The molecule has 0 bridgehead atoms. The lowest BCUT2D eigenvalue weighted by Gasteiger charge is -2.08. The van der Waals surface area contributed by atoms with Gasteiger partial charge in [0.2, 0.25) is 5.91 Å². The fraction of sp³-hybridized carbons (Fsp3) is 0.176. The van der Waals surface area contributed by atoms with Crippen LogP contribution in [-0.4, -0.2) is 25.7 Å². The molecule has 0 radical (unpaired) electrons. The molecule has 0 unspecified atom stereocenters. The van der Waals surface area contributed by atoms with Gasteiger partial charge >= 0.3 is 0 Å². The van der Waals surface area contributed by atoms with E-state index in [1.165, 1.54) is 6.20 Å². The third-order valence-corrected chi connectivity index (χ3v) is 4.54. The topological polar surface area (TPSA) is 95.6 Å². The van der Waals surface area contributed by atoms with E-state index < -0.39 is 0 Å². The number of rotatable bonds is 5. The van der Waals surface area contributed by atoms with E-state index in [0.29, 0.717) is 21.6 Å². The van der Waals surface area contributed by atoms with Crippen LogP contribution in [0.25, 0.3) is 11.4 Å². The standard InChI is InChI=1S/C17H16BrN5O2S/c1-10-2-4-11(5-3-10)15-21-22-17(26)23(15)7-6-14(24)20-13-8-12(18)9-19-16(13)25/h2-5,8-9H,6-7H2,1H3,(H,19,25)(H,20,24)(H,22,26). The van der Waals surface area contributed by atoms with Gasteiger partial charge in [-0.1, -0.05) is 29.8 Å². The van der Waals surface area contributed by atoms with Gasteiger partial charge in [0, 0.05) is 29.2 Å². The van der Waals surface area contributed by atoms with Gasteiger partial charge in [0.1, 0.15) is 5.69 Å². The van der Waals surface area contributed by atoms with E-state index in [0.717, 1.165) is 11.1 Å². The Morgan fingerprint density at radius 3 is 2.81 bits per heavy atom. The molecule has 7 nitrogen and oxygen atoms in total. The van der Waals surface area contributed by atoms with E-state index in [1.54, 1.807) is 10.6 Å². The van der Waals surface area contributed by atoms with Crippen LogP contribution in [-0.2, 0) is 11.3 Å². The minimum atomic E-state index is -0.359. The fourth-order valence-corrected chi connectivity index (χ4v) is 2.99. The quantitative estimate of drug-likeness (QED) is 0.537. The Morgan fingerprint density at radius 2 is 2.08 bits per heavy atom. The molecule has 0 fully saturated rings. The average Bonchev–Trinajstić information content (AvgIpc) is 2.98. The second kappa shape index (κ2) is 7.79. The predicted octanol–water partition coefficient (Wildman–Crippen LogP) is 3.40. The molecule has 2 heterocycles. The van der Waals surface area contributed by atoms with Crippen LogP contribution in [0.5, 0.6) is 0 Å². The number of amides is 1. The lowest BCUT2D eigenvalue weighted by atomic mass is 10.1. The summed E-state index contributed by atoms with van der Waals surface area (Å²) in [6.07, 6.45) is 1.66. The summed E-state index contributed by atoms with van der Waals surface area (Å²) in [6, 6.07) is 9.45. The van der Waals surface area contributed by atoms with E-state index >= 15 is 0 Å². The summed E-state index contributed by atoms with van der Waals surface area (Å²) >= 11 is 8.53. The van der Waals surface area contributed by atoms with Crippen molar-refractivity contribution in [1.29, 1.82) is 0 Å². The fourth-order valence-electron chi connectivity index (χ4n) is 2.42. The Morgan fingerprint density at radius 1 is 1.35 bits per heavy atom. The number of H-pyrrole nitrogens is 2. The molecule has 3 aromatic rings. The Labute approximate surface area is 162 Å². The van der Waals surface area contributed by atoms with Crippen molar-refractivity contribution in [2.75, 3.05) is 5.32 Å². The number of aryl methyl sites for hydroxylation is 1. The summed E-state index contributed by atoms with van der Waals surface area (Å²) in [6.45, 7) is 2.35. The van der Waals surface area contributed by atoms with E-state index in [4.69, 9.17) is 12.2 Å². The summed E-state index contributed by atoms with van der Waals surface area (Å²) in [5, 5.41) is 9.63. The van der Waals surface area contributed by atoms with Crippen molar-refractivity contribution < 1.29 is 4.79 Å². The number of halogens is 1.